The number of phenols is 2. The van der Waals surface area contributed by atoms with Gasteiger partial charge in [-0.05, 0) is 45.8 Å². The van der Waals surface area contributed by atoms with Crippen molar-refractivity contribution < 1.29 is 19.7 Å². The van der Waals surface area contributed by atoms with Crippen LogP contribution in [-0.4, -0.2) is 16.0 Å². The maximum atomic E-state index is 12.1. The number of hydrogen-bond donors (Lipinski definition) is 2. The quantitative estimate of drug-likeness (QED) is 0.789. The highest BCUT2D eigenvalue weighted by molar-refractivity contribution is 9.10. The molecule has 2 aliphatic rings. The van der Waals surface area contributed by atoms with Crippen LogP contribution in [0.25, 0.3) is 0 Å². The number of fused-ring (bicyclic) bond motifs is 3. The number of Topliss-reactive ketones (excluding diaryl/α,β-unsaturated/α-hetero) is 1. The number of rotatable bonds is 1. The minimum absolute atomic E-state index is 0.0493. The van der Waals surface area contributed by atoms with E-state index < -0.39 is 0 Å². The van der Waals surface area contributed by atoms with Gasteiger partial charge in [0.05, 0.1) is 4.47 Å². The molecule has 2 aromatic rings. The first-order chi connectivity index (χ1) is 11.0. The van der Waals surface area contributed by atoms with Crippen molar-refractivity contribution in [1.82, 2.24) is 0 Å². The molecule has 1 aliphatic carbocycles. The Labute approximate surface area is 141 Å². The molecule has 0 saturated heterocycles. The maximum Gasteiger partial charge on any atom is 0.138 e. The molecule has 3 atom stereocenters. The van der Waals surface area contributed by atoms with Crippen molar-refractivity contribution in [1.29, 1.82) is 0 Å². The summed E-state index contributed by atoms with van der Waals surface area (Å²) in [6, 6.07) is 10.2. The molecule has 2 N–H and O–H groups in total. The molecule has 4 nitrogen and oxygen atoms in total. The van der Waals surface area contributed by atoms with Gasteiger partial charge in [0.2, 0.25) is 0 Å². The number of ketones is 1. The highest BCUT2D eigenvalue weighted by atomic mass is 79.9. The summed E-state index contributed by atoms with van der Waals surface area (Å²) in [7, 11) is 0. The summed E-state index contributed by atoms with van der Waals surface area (Å²) in [5, 5.41) is 19.4. The average Bonchev–Trinajstić information content (AvgIpc) is 2.89. The summed E-state index contributed by atoms with van der Waals surface area (Å²) in [4.78, 5) is 12.1. The topological polar surface area (TPSA) is 66.8 Å². The third kappa shape index (κ3) is 2.39. The van der Waals surface area contributed by atoms with Gasteiger partial charge in [-0.3, -0.25) is 4.79 Å². The summed E-state index contributed by atoms with van der Waals surface area (Å²) in [5.41, 5.74) is 1.83. The summed E-state index contributed by atoms with van der Waals surface area (Å²) in [5.74, 6) is 1.38. The number of phenolic OH excluding ortho intramolecular Hbond substituents is 2. The fourth-order valence-electron chi connectivity index (χ4n) is 3.74. The Morgan fingerprint density at radius 1 is 1.04 bits per heavy atom. The zero-order valence-electron chi connectivity index (χ0n) is 12.2. The smallest absolute Gasteiger partial charge is 0.138 e. The van der Waals surface area contributed by atoms with Crippen LogP contribution in [0.1, 0.15) is 36.0 Å². The van der Waals surface area contributed by atoms with Gasteiger partial charge in [-0.2, -0.15) is 0 Å². The SMILES string of the molecule is O=C1C[C@@H]2[C@H](C1)c1cc(O)cc(Br)c1O[C@@H]2c1ccc(O)cc1. The lowest BCUT2D eigenvalue weighted by atomic mass is 9.80. The number of aromatic hydroxyl groups is 2. The van der Waals surface area contributed by atoms with E-state index in [1.54, 1.807) is 24.3 Å². The Morgan fingerprint density at radius 2 is 1.78 bits per heavy atom. The van der Waals surface area contributed by atoms with Crippen LogP contribution >= 0.6 is 15.9 Å². The van der Waals surface area contributed by atoms with E-state index >= 15 is 0 Å². The Morgan fingerprint density at radius 3 is 2.52 bits per heavy atom. The van der Waals surface area contributed by atoms with E-state index in [1.807, 2.05) is 12.1 Å². The van der Waals surface area contributed by atoms with Crippen molar-refractivity contribution in [2.75, 3.05) is 0 Å². The molecule has 4 rings (SSSR count). The lowest BCUT2D eigenvalue weighted by molar-refractivity contribution is -0.117. The molecule has 0 bridgehead atoms. The predicted octanol–water partition coefficient (Wildman–Crippen LogP) is 4.06. The molecule has 1 saturated carbocycles. The van der Waals surface area contributed by atoms with E-state index in [2.05, 4.69) is 15.9 Å². The van der Waals surface area contributed by atoms with Gasteiger partial charge in [-0.1, -0.05) is 12.1 Å². The second-order valence-electron chi connectivity index (χ2n) is 6.19. The molecule has 0 aromatic heterocycles. The molecule has 5 heteroatoms. The van der Waals surface area contributed by atoms with Crippen LogP contribution in [0.15, 0.2) is 40.9 Å². The summed E-state index contributed by atoms with van der Waals surface area (Å²) in [6.07, 6.45) is 0.717. The van der Waals surface area contributed by atoms with Crippen molar-refractivity contribution in [3.8, 4) is 17.2 Å². The van der Waals surface area contributed by atoms with Crippen LogP contribution in [0.2, 0.25) is 0 Å². The van der Waals surface area contributed by atoms with Gasteiger partial charge in [-0.25, -0.2) is 0 Å². The van der Waals surface area contributed by atoms with Crippen molar-refractivity contribution >= 4 is 21.7 Å². The molecule has 0 radical (unpaired) electrons. The highest BCUT2D eigenvalue weighted by Crippen LogP contribution is 2.55. The van der Waals surface area contributed by atoms with Gasteiger partial charge in [-0.15, -0.1) is 0 Å². The first kappa shape index (κ1) is 14.6. The molecular formula is C18H15BrO4. The van der Waals surface area contributed by atoms with E-state index in [1.165, 1.54) is 0 Å². The van der Waals surface area contributed by atoms with Gasteiger partial charge >= 0.3 is 0 Å². The normalized spacial score (nSPS) is 25.6. The Balaban J connectivity index is 1.83. The largest absolute Gasteiger partial charge is 0.508 e. The van der Waals surface area contributed by atoms with Crippen molar-refractivity contribution in [2.24, 2.45) is 5.92 Å². The number of halogens is 1. The van der Waals surface area contributed by atoms with Gasteiger partial charge < -0.3 is 14.9 Å². The molecule has 23 heavy (non-hydrogen) atoms. The summed E-state index contributed by atoms with van der Waals surface area (Å²) >= 11 is 3.45. The number of carbonyl (C=O) groups excluding carboxylic acids is 1. The molecule has 2 aromatic carbocycles. The van der Waals surface area contributed by atoms with E-state index in [9.17, 15) is 15.0 Å². The van der Waals surface area contributed by atoms with Gasteiger partial charge in [0.25, 0.3) is 0 Å². The number of hydrogen-bond acceptors (Lipinski definition) is 4. The standard InChI is InChI=1S/C18H15BrO4/c19-16-8-12(22)7-15-13-5-11(21)6-14(13)17(23-18(15)16)9-1-3-10(20)4-2-9/h1-4,7-8,13-14,17,20,22H,5-6H2/t13-,14+,17+/m0/s1. The van der Waals surface area contributed by atoms with Crippen LogP contribution in [0.3, 0.4) is 0 Å². The van der Waals surface area contributed by atoms with Crippen LogP contribution in [0, 0.1) is 5.92 Å². The van der Waals surface area contributed by atoms with Crippen LogP contribution in [0.5, 0.6) is 17.2 Å². The van der Waals surface area contributed by atoms with Gasteiger partial charge in [0, 0.05) is 30.2 Å². The Hall–Kier alpha value is -2.01. The molecule has 1 heterocycles. The first-order valence-electron chi connectivity index (χ1n) is 7.52. The Bertz CT molecular complexity index is 784. The second kappa shape index (κ2) is 5.27. The lowest BCUT2D eigenvalue weighted by Gasteiger charge is -2.36. The third-order valence-electron chi connectivity index (χ3n) is 4.74. The zero-order valence-corrected chi connectivity index (χ0v) is 13.8. The fraction of sp³-hybridized carbons (Fsp3) is 0.278. The van der Waals surface area contributed by atoms with E-state index in [0.29, 0.717) is 23.1 Å². The molecule has 1 fully saturated rings. The van der Waals surface area contributed by atoms with Crippen molar-refractivity contribution in [3.05, 3.63) is 52.0 Å². The van der Waals surface area contributed by atoms with Crippen LogP contribution in [-0.2, 0) is 4.79 Å². The monoisotopic (exact) mass is 374 g/mol. The molecule has 118 valence electrons. The molecule has 0 spiro atoms. The first-order valence-corrected chi connectivity index (χ1v) is 8.32. The van der Waals surface area contributed by atoms with Crippen molar-refractivity contribution in [2.45, 2.75) is 24.9 Å². The molecular weight excluding hydrogens is 360 g/mol. The predicted molar refractivity (Wildman–Crippen MR) is 87.8 cm³/mol. The van der Waals surface area contributed by atoms with E-state index in [0.717, 1.165) is 11.1 Å². The summed E-state index contributed by atoms with van der Waals surface area (Å²) < 4.78 is 6.90. The van der Waals surface area contributed by atoms with Gasteiger partial charge in [0.1, 0.15) is 29.1 Å². The lowest BCUT2D eigenvalue weighted by Crippen LogP contribution is -2.27. The molecule has 0 amide bonds. The van der Waals surface area contributed by atoms with Crippen molar-refractivity contribution in [3.63, 3.8) is 0 Å². The number of carbonyl (C=O) groups is 1. The molecule has 0 unspecified atom stereocenters. The minimum atomic E-state index is -0.236. The number of benzene rings is 2. The Kier molecular flexibility index (Phi) is 3.34. The highest BCUT2D eigenvalue weighted by Gasteiger charge is 2.46. The minimum Gasteiger partial charge on any atom is -0.508 e. The molecule has 1 aliphatic heterocycles. The van der Waals surface area contributed by atoms with Crippen LogP contribution < -0.4 is 4.74 Å². The second-order valence-corrected chi connectivity index (χ2v) is 7.05. The zero-order chi connectivity index (χ0) is 16.1. The third-order valence-corrected chi connectivity index (χ3v) is 5.33. The maximum absolute atomic E-state index is 12.1. The number of ether oxygens (including phenoxy) is 1. The fourth-order valence-corrected chi connectivity index (χ4v) is 4.29. The van der Waals surface area contributed by atoms with Gasteiger partial charge in [0.15, 0.2) is 0 Å². The van der Waals surface area contributed by atoms with E-state index in [4.69, 9.17) is 4.74 Å². The average molecular weight is 375 g/mol. The summed E-state index contributed by atoms with van der Waals surface area (Å²) in [6.45, 7) is 0. The van der Waals surface area contributed by atoms with E-state index in [-0.39, 0.29) is 35.2 Å². The van der Waals surface area contributed by atoms with Crippen LogP contribution in [0.4, 0.5) is 0 Å².